The molecule has 1 heterocycles. The highest BCUT2D eigenvalue weighted by atomic mass is 16.4. The topological polar surface area (TPSA) is 114 Å². The summed E-state index contributed by atoms with van der Waals surface area (Å²) in [6.07, 6.45) is 0. The summed E-state index contributed by atoms with van der Waals surface area (Å²) >= 11 is 0. The normalized spacial score (nSPS) is 11.8. The third-order valence-corrected chi connectivity index (χ3v) is 9.38. The van der Waals surface area contributed by atoms with Gasteiger partial charge >= 0.3 is 0 Å². The molecule has 0 atom stereocenters. The Kier molecular flexibility index (Phi) is 5.86. The smallest absolute Gasteiger partial charge is 0.208 e. The Balaban J connectivity index is 1.43. The van der Waals surface area contributed by atoms with Crippen LogP contribution in [0.15, 0.2) is 132 Å². The number of benzene rings is 8. The molecular formula is C42H26O6. The van der Waals surface area contributed by atoms with E-state index in [0.29, 0.717) is 16.3 Å². The van der Waals surface area contributed by atoms with Gasteiger partial charge in [0, 0.05) is 21.9 Å². The van der Waals surface area contributed by atoms with Gasteiger partial charge in [0.05, 0.1) is 5.56 Å². The summed E-state index contributed by atoms with van der Waals surface area (Å²) in [7, 11) is 0. The average molecular weight is 627 g/mol. The van der Waals surface area contributed by atoms with E-state index in [9.17, 15) is 25.5 Å². The van der Waals surface area contributed by atoms with Gasteiger partial charge in [0.15, 0.2) is 11.5 Å². The zero-order chi connectivity index (χ0) is 32.7. The third-order valence-electron chi connectivity index (χ3n) is 9.38. The number of hydrogen-bond acceptors (Lipinski definition) is 6. The van der Waals surface area contributed by atoms with Crippen molar-refractivity contribution < 1.29 is 29.9 Å². The van der Waals surface area contributed by atoms with E-state index in [1.165, 1.54) is 0 Å². The first-order valence-electron chi connectivity index (χ1n) is 15.5. The highest BCUT2D eigenvalue weighted by Crippen LogP contribution is 2.58. The molecule has 0 saturated carbocycles. The largest absolute Gasteiger partial charge is 0.504 e. The van der Waals surface area contributed by atoms with E-state index in [1.807, 2.05) is 78.9 Å². The first kappa shape index (κ1) is 27.6. The van der Waals surface area contributed by atoms with Crippen LogP contribution in [-0.2, 0) is 0 Å². The van der Waals surface area contributed by atoms with Crippen LogP contribution in [0.4, 0.5) is 0 Å². The first-order valence-corrected chi connectivity index (χ1v) is 15.5. The molecule has 230 valence electrons. The standard InChI is InChI=1S/C42H26O6/c43-37-36(38(44)40(46)41(47)39(37)45)35-29-14-5-3-12-27(29)34(28-13-4-6-15-30(28)35)25-20-31(24-18-17-22-9-1-2-10-23(22)19-24)42-32(21-25)26-11-7-8-16-33(26)48-42/h1-21,43-47H. The van der Waals surface area contributed by atoms with Crippen LogP contribution in [0.3, 0.4) is 0 Å². The number of rotatable bonds is 3. The molecular weight excluding hydrogens is 600 g/mol. The zero-order valence-corrected chi connectivity index (χ0v) is 25.3. The van der Waals surface area contributed by atoms with Crippen molar-refractivity contribution in [2.75, 3.05) is 0 Å². The zero-order valence-electron chi connectivity index (χ0n) is 25.3. The molecule has 0 amide bonds. The maximum Gasteiger partial charge on any atom is 0.208 e. The quantitative estimate of drug-likeness (QED) is 0.0757. The summed E-state index contributed by atoms with van der Waals surface area (Å²) < 4.78 is 6.53. The number of furan rings is 1. The Hall–Kier alpha value is -6.66. The van der Waals surface area contributed by atoms with Crippen molar-refractivity contribution in [3.8, 4) is 62.1 Å². The van der Waals surface area contributed by atoms with Crippen molar-refractivity contribution in [2.45, 2.75) is 0 Å². The number of phenolic OH excluding ortho intramolecular Hbond substituents is 5. The van der Waals surface area contributed by atoms with Crippen LogP contribution in [0, 0.1) is 0 Å². The van der Waals surface area contributed by atoms with E-state index < -0.39 is 28.7 Å². The number of aromatic hydroxyl groups is 5. The minimum Gasteiger partial charge on any atom is -0.504 e. The molecule has 0 radical (unpaired) electrons. The van der Waals surface area contributed by atoms with Crippen molar-refractivity contribution in [3.05, 3.63) is 127 Å². The summed E-state index contributed by atoms with van der Waals surface area (Å²) in [6, 6.07) is 42.2. The summed E-state index contributed by atoms with van der Waals surface area (Å²) in [5.41, 5.74) is 5.58. The fourth-order valence-corrected chi connectivity index (χ4v) is 7.17. The number of fused-ring (bicyclic) bond motifs is 6. The second kappa shape index (κ2) is 10.2. The van der Waals surface area contributed by atoms with Crippen molar-refractivity contribution in [3.63, 3.8) is 0 Å². The van der Waals surface area contributed by atoms with Crippen LogP contribution in [0.25, 0.3) is 87.6 Å². The molecule has 6 heteroatoms. The Morgan fingerprint density at radius 1 is 0.354 bits per heavy atom. The SMILES string of the molecule is Oc1c(O)c(O)c(-c2c3ccccc3c(-c3cc(-c4ccc5ccccc5c4)c4oc5ccccc5c4c3)c3ccccc23)c(O)c1O. The van der Waals surface area contributed by atoms with Crippen molar-refractivity contribution in [2.24, 2.45) is 0 Å². The van der Waals surface area contributed by atoms with Crippen LogP contribution in [0.5, 0.6) is 28.7 Å². The van der Waals surface area contributed by atoms with E-state index in [-0.39, 0.29) is 5.56 Å². The van der Waals surface area contributed by atoms with Gasteiger partial charge in [0.25, 0.3) is 0 Å². The Bertz CT molecular complexity index is 2710. The van der Waals surface area contributed by atoms with Gasteiger partial charge in [-0.2, -0.15) is 0 Å². The molecule has 5 N–H and O–H groups in total. The van der Waals surface area contributed by atoms with Gasteiger partial charge in [-0.1, -0.05) is 103 Å². The Morgan fingerprint density at radius 3 is 1.52 bits per heavy atom. The molecule has 48 heavy (non-hydrogen) atoms. The van der Waals surface area contributed by atoms with Gasteiger partial charge in [-0.05, 0) is 73.3 Å². The van der Waals surface area contributed by atoms with Crippen LogP contribution in [0.1, 0.15) is 0 Å². The van der Waals surface area contributed by atoms with Gasteiger partial charge in [0.2, 0.25) is 17.2 Å². The van der Waals surface area contributed by atoms with Gasteiger partial charge < -0.3 is 29.9 Å². The summed E-state index contributed by atoms with van der Waals surface area (Å²) in [6.45, 7) is 0. The minimum atomic E-state index is -0.999. The maximum atomic E-state index is 11.1. The van der Waals surface area contributed by atoms with Crippen LogP contribution in [-0.4, -0.2) is 25.5 Å². The molecule has 0 aliphatic carbocycles. The van der Waals surface area contributed by atoms with Crippen molar-refractivity contribution >= 4 is 54.3 Å². The van der Waals surface area contributed by atoms with Crippen molar-refractivity contribution in [1.29, 1.82) is 0 Å². The lowest BCUT2D eigenvalue weighted by Gasteiger charge is -2.20. The summed E-state index contributed by atoms with van der Waals surface area (Å²) in [5.74, 6) is -4.32. The predicted molar refractivity (Wildman–Crippen MR) is 191 cm³/mol. The molecule has 9 rings (SSSR count). The molecule has 0 fully saturated rings. The van der Waals surface area contributed by atoms with Gasteiger partial charge in [-0.3, -0.25) is 0 Å². The fraction of sp³-hybridized carbons (Fsp3) is 0. The maximum absolute atomic E-state index is 11.1. The lowest BCUT2D eigenvalue weighted by Crippen LogP contribution is -1.93. The van der Waals surface area contributed by atoms with Crippen molar-refractivity contribution in [1.82, 2.24) is 0 Å². The van der Waals surface area contributed by atoms with E-state index in [4.69, 9.17) is 4.42 Å². The van der Waals surface area contributed by atoms with E-state index in [2.05, 4.69) is 48.5 Å². The van der Waals surface area contributed by atoms with Gasteiger partial charge in [-0.15, -0.1) is 0 Å². The number of para-hydroxylation sites is 1. The summed E-state index contributed by atoms with van der Waals surface area (Å²) in [4.78, 5) is 0. The Labute approximate surface area is 273 Å². The highest BCUT2D eigenvalue weighted by Gasteiger charge is 2.28. The van der Waals surface area contributed by atoms with Crippen LogP contribution in [0.2, 0.25) is 0 Å². The number of phenols is 5. The molecule has 0 aliphatic rings. The molecule has 6 nitrogen and oxygen atoms in total. The molecule has 9 aromatic rings. The minimum absolute atomic E-state index is 0.185. The molecule has 0 bridgehead atoms. The van der Waals surface area contributed by atoms with Gasteiger partial charge in [0.1, 0.15) is 11.2 Å². The van der Waals surface area contributed by atoms with Crippen LogP contribution >= 0.6 is 0 Å². The molecule has 0 unspecified atom stereocenters. The first-order chi connectivity index (χ1) is 23.4. The average Bonchev–Trinajstić information content (AvgIpc) is 3.51. The second-order valence-electron chi connectivity index (χ2n) is 12.0. The Morgan fingerprint density at radius 2 is 0.875 bits per heavy atom. The second-order valence-corrected chi connectivity index (χ2v) is 12.0. The molecule has 0 spiro atoms. The lowest BCUT2D eigenvalue weighted by atomic mass is 9.84. The summed E-state index contributed by atoms with van der Waals surface area (Å²) in [5, 5.41) is 60.5. The molecule has 0 saturated heterocycles. The number of hydrogen-bond donors (Lipinski definition) is 5. The van der Waals surface area contributed by atoms with E-state index >= 15 is 0 Å². The predicted octanol–water partition coefficient (Wildman–Crippen LogP) is 10.6. The fourth-order valence-electron chi connectivity index (χ4n) is 7.17. The van der Waals surface area contributed by atoms with E-state index in [1.54, 1.807) is 0 Å². The third kappa shape index (κ3) is 3.86. The highest BCUT2D eigenvalue weighted by molar-refractivity contribution is 6.24. The molecule has 1 aromatic heterocycles. The van der Waals surface area contributed by atoms with Gasteiger partial charge in [-0.25, -0.2) is 0 Å². The molecule has 0 aliphatic heterocycles. The lowest BCUT2D eigenvalue weighted by molar-refractivity contribution is 0.330. The van der Waals surface area contributed by atoms with E-state index in [0.717, 1.165) is 65.7 Å². The van der Waals surface area contributed by atoms with Crippen LogP contribution < -0.4 is 0 Å². The molecule has 8 aromatic carbocycles. The monoisotopic (exact) mass is 626 g/mol.